The van der Waals surface area contributed by atoms with Gasteiger partial charge in [0.25, 0.3) is 5.91 Å². The van der Waals surface area contributed by atoms with Crippen LogP contribution in [0.5, 0.6) is 0 Å². The number of carbonyl (C=O) groups is 2. The van der Waals surface area contributed by atoms with Gasteiger partial charge in [-0.2, -0.15) is 0 Å². The van der Waals surface area contributed by atoms with Crippen molar-refractivity contribution in [3.8, 4) is 0 Å². The number of hydrogen-bond donors (Lipinski definition) is 2. The highest BCUT2D eigenvalue weighted by Crippen LogP contribution is 2.19. The molecule has 0 aromatic heterocycles. The van der Waals surface area contributed by atoms with Gasteiger partial charge in [0.05, 0.1) is 0 Å². The Bertz CT molecular complexity index is 546. The van der Waals surface area contributed by atoms with Crippen LogP contribution in [0, 0.1) is 11.8 Å². The number of carbonyl (C=O) groups excluding carboxylic acids is 2. The quantitative estimate of drug-likeness (QED) is 0.863. The maximum absolute atomic E-state index is 12.5. The van der Waals surface area contributed by atoms with Gasteiger partial charge in [-0.25, -0.2) is 4.79 Å². The molecule has 1 heterocycles. The number of rotatable bonds is 5. The van der Waals surface area contributed by atoms with Gasteiger partial charge in [0.15, 0.2) is 0 Å². The number of anilines is 1. The number of nitrogens with one attached hydrogen (secondary N) is 2. The van der Waals surface area contributed by atoms with E-state index in [0.717, 1.165) is 32.4 Å². The van der Waals surface area contributed by atoms with E-state index in [1.165, 1.54) is 0 Å². The van der Waals surface area contributed by atoms with E-state index in [1.807, 2.05) is 4.90 Å². The van der Waals surface area contributed by atoms with Crippen molar-refractivity contribution in [3.05, 3.63) is 29.8 Å². The monoisotopic (exact) mass is 331 g/mol. The summed E-state index contributed by atoms with van der Waals surface area (Å²) < 4.78 is 0. The Balaban J connectivity index is 1.84. The summed E-state index contributed by atoms with van der Waals surface area (Å²) in [6.45, 7) is 8.80. The first-order valence-electron chi connectivity index (χ1n) is 8.90. The molecule has 0 spiro atoms. The molecule has 0 atom stereocenters. The van der Waals surface area contributed by atoms with E-state index in [-0.39, 0.29) is 11.9 Å². The van der Waals surface area contributed by atoms with Crippen molar-refractivity contribution in [3.63, 3.8) is 0 Å². The summed E-state index contributed by atoms with van der Waals surface area (Å²) in [7, 11) is 0. The second-order valence-electron chi connectivity index (χ2n) is 7.12. The molecule has 1 aromatic rings. The first-order chi connectivity index (χ1) is 11.5. The molecule has 0 unspecified atom stereocenters. The number of hydrogen-bond acceptors (Lipinski definition) is 2. The second-order valence-corrected chi connectivity index (χ2v) is 7.12. The van der Waals surface area contributed by atoms with Crippen molar-refractivity contribution in [1.29, 1.82) is 0 Å². The van der Waals surface area contributed by atoms with E-state index in [2.05, 4.69) is 31.4 Å². The maximum atomic E-state index is 12.5. The number of likely N-dealkylation sites (tertiary alicyclic amines) is 1. The van der Waals surface area contributed by atoms with Crippen molar-refractivity contribution in [2.75, 3.05) is 25.0 Å². The lowest BCUT2D eigenvalue weighted by Crippen LogP contribution is -2.37. The Labute approximate surface area is 144 Å². The molecule has 3 amide bonds. The lowest BCUT2D eigenvalue weighted by molar-refractivity contribution is 0.0697. The molecule has 0 aliphatic carbocycles. The average Bonchev–Trinajstić information content (AvgIpc) is 2.55. The van der Waals surface area contributed by atoms with Crippen LogP contribution in [-0.2, 0) is 0 Å². The third kappa shape index (κ3) is 5.55. The van der Waals surface area contributed by atoms with Gasteiger partial charge in [-0.1, -0.05) is 20.8 Å². The van der Waals surface area contributed by atoms with Crippen LogP contribution < -0.4 is 10.6 Å². The van der Waals surface area contributed by atoms with Crippen molar-refractivity contribution < 1.29 is 9.59 Å². The van der Waals surface area contributed by atoms with E-state index in [9.17, 15) is 9.59 Å². The number of nitrogens with zero attached hydrogens (tertiary/aromatic N) is 1. The van der Waals surface area contributed by atoms with Crippen LogP contribution in [0.3, 0.4) is 0 Å². The normalized spacial score (nSPS) is 15.4. The Hall–Kier alpha value is -2.04. The summed E-state index contributed by atoms with van der Waals surface area (Å²) >= 11 is 0. The summed E-state index contributed by atoms with van der Waals surface area (Å²) in [5.74, 6) is 1.35. The van der Waals surface area contributed by atoms with E-state index in [4.69, 9.17) is 0 Å². The van der Waals surface area contributed by atoms with Crippen LogP contribution in [0.25, 0.3) is 0 Å². The lowest BCUT2D eigenvalue weighted by atomic mass is 9.98. The van der Waals surface area contributed by atoms with Crippen LogP contribution >= 0.6 is 0 Å². The van der Waals surface area contributed by atoms with Crippen LogP contribution in [0.4, 0.5) is 10.5 Å². The summed E-state index contributed by atoms with van der Waals surface area (Å²) in [5.41, 5.74) is 1.37. The summed E-state index contributed by atoms with van der Waals surface area (Å²) in [6, 6.07) is 6.91. The first-order valence-corrected chi connectivity index (χ1v) is 8.90. The molecule has 132 valence electrons. The lowest BCUT2D eigenvalue weighted by Gasteiger charge is -2.30. The number of urea groups is 1. The zero-order chi connectivity index (χ0) is 17.5. The van der Waals surface area contributed by atoms with Gasteiger partial charge in [0, 0.05) is 30.9 Å². The Morgan fingerprint density at radius 1 is 1.17 bits per heavy atom. The van der Waals surface area contributed by atoms with Gasteiger partial charge in [-0.3, -0.25) is 4.79 Å². The predicted molar refractivity (Wildman–Crippen MR) is 97.2 cm³/mol. The molecule has 1 fully saturated rings. The van der Waals surface area contributed by atoms with Crippen molar-refractivity contribution in [1.82, 2.24) is 10.2 Å². The molecule has 5 heteroatoms. The maximum Gasteiger partial charge on any atom is 0.319 e. The largest absolute Gasteiger partial charge is 0.339 e. The Kier molecular flexibility index (Phi) is 6.64. The number of amides is 3. The highest BCUT2D eigenvalue weighted by Gasteiger charge is 2.21. The standard InChI is InChI=1S/C19H29N3O2/c1-14(2)8-11-20-19(24)21-17-6-4-16(5-7-17)18(23)22-12-9-15(3)10-13-22/h4-7,14-15H,8-13H2,1-3H3,(H2,20,21,24). The summed E-state index contributed by atoms with van der Waals surface area (Å²) in [6.07, 6.45) is 3.10. The van der Waals surface area contributed by atoms with E-state index < -0.39 is 0 Å². The molecule has 0 saturated carbocycles. The molecule has 0 radical (unpaired) electrons. The third-order valence-electron chi connectivity index (χ3n) is 4.47. The van der Waals surface area contributed by atoms with Crippen molar-refractivity contribution in [2.24, 2.45) is 11.8 Å². The molecular formula is C19H29N3O2. The first kappa shape index (κ1) is 18.3. The fraction of sp³-hybridized carbons (Fsp3) is 0.579. The second kappa shape index (κ2) is 8.71. The number of benzene rings is 1. The average molecular weight is 331 g/mol. The third-order valence-corrected chi connectivity index (χ3v) is 4.47. The number of piperidine rings is 1. The topological polar surface area (TPSA) is 61.4 Å². The molecule has 0 bridgehead atoms. The molecular weight excluding hydrogens is 302 g/mol. The van der Waals surface area contributed by atoms with Crippen molar-refractivity contribution >= 4 is 17.6 Å². The smallest absolute Gasteiger partial charge is 0.319 e. The molecule has 1 saturated heterocycles. The fourth-order valence-corrected chi connectivity index (χ4v) is 2.74. The highest BCUT2D eigenvalue weighted by atomic mass is 16.2. The van der Waals surface area contributed by atoms with Gasteiger partial charge in [-0.15, -0.1) is 0 Å². The van der Waals surface area contributed by atoms with E-state index in [1.54, 1.807) is 24.3 Å². The minimum Gasteiger partial charge on any atom is -0.339 e. The van der Waals surface area contributed by atoms with Crippen LogP contribution in [-0.4, -0.2) is 36.5 Å². The molecule has 5 nitrogen and oxygen atoms in total. The predicted octanol–water partition coefficient (Wildman–Crippen LogP) is 3.73. The highest BCUT2D eigenvalue weighted by molar-refractivity contribution is 5.95. The van der Waals surface area contributed by atoms with Crippen LogP contribution in [0.1, 0.15) is 50.4 Å². The van der Waals surface area contributed by atoms with E-state index >= 15 is 0 Å². The van der Waals surface area contributed by atoms with Gasteiger partial charge in [0.2, 0.25) is 0 Å². The fourth-order valence-electron chi connectivity index (χ4n) is 2.74. The van der Waals surface area contributed by atoms with Crippen LogP contribution in [0.2, 0.25) is 0 Å². The van der Waals surface area contributed by atoms with Crippen LogP contribution in [0.15, 0.2) is 24.3 Å². The Morgan fingerprint density at radius 2 is 1.79 bits per heavy atom. The summed E-state index contributed by atoms with van der Waals surface area (Å²) in [4.78, 5) is 26.2. The molecule has 1 aliphatic heterocycles. The SMILES string of the molecule is CC(C)CCNC(=O)Nc1ccc(C(=O)N2CCC(C)CC2)cc1. The zero-order valence-corrected chi connectivity index (χ0v) is 15.0. The minimum absolute atomic E-state index is 0.0786. The van der Waals surface area contributed by atoms with Gasteiger partial charge < -0.3 is 15.5 Å². The zero-order valence-electron chi connectivity index (χ0n) is 15.0. The Morgan fingerprint density at radius 3 is 2.38 bits per heavy atom. The summed E-state index contributed by atoms with van der Waals surface area (Å²) in [5, 5.41) is 5.62. The van der Waals surface area contributed by atoms with E-state index in [0.29, 0.717) is 29.6 Å². The molecule has 2 N–H and O–H groups in total. The van der Waals surface area contributed by atoms with Gasteiger partial charge in [0.1, 0.15) is 0 Å². The molecule has 24 heavy (non-hydrogen) atoms. The minimum atomic E-state index is -0.209. The molecule has 1 aromatic carbocycles. The van der Waals surface area contributed by atoms with Gasteiger partial charge in [-0.05, 0) is 55.4 Å². The van der Waals surface area contributed by atoms with Gasteiger partial charge >= 0.3 is 6.03 Å². The molecule has 1 aliphatic rings. The van der Waals surface area contributed by atoms with Crippen molar-refractivity contribution in [2.45, 2.75) is 40.0 Å². The molecule has 2 rings (SSSR count).